The summed E-state index contributed by atoms with van der Waals surface area (Å²) in [4.78, 5) is 11.5. The zero-order valence-corrected chi connectivity index (χ0v) is 13.5. The summed E-state index contributed by atoms with van der Waals surface area (Å²) in [6.45, 7) is 11.0. The van der Waals surface area contributed by atoms with Crippen LogP contribution in [-0.4, -0.2) is 5.97 Å². The van der Waals surface area contributed by atoms with Gasteiger partial charge < -0.3 is 9.47 Å². The number of esters is 1. The van der Waals surface area contributed by atoms with E-state index < -0.39 is 5.97 Å². The second-order valence-corrected chi connectivity index (χ2v) is 5.21. The monoisotopic (exact) mass is 308 g/mol. The number of allylic oxidation sites excluding steroid dienone is 1. The molecule has 0 aliphatic rings. The fraction of sp³-hybridized carbons (Fsp3) is 0.150. The van der Waals surface area contributed by atoms with E-state index in [0.717, 1.165) is 29.1 Å². The third-order valence-electron chi connectivity index (χ3n) is 3.26. The first-order chi connectivity index (χ1) is 11.0. The zero-order chi connectivity index (χ0) is 16.8. The number of carbonyl (C=O) groups is 1. The first-order valence-electron chi connectivity index (χ1n) is 7.43. The maximum Gasteiger partial charge on any atom is 0.338 e. The van der Waals surface area contributed by atoms with Gasteiger partial charge in [-0.3, -0.25) is 0 Å². The summed E-state index contributed by atoms with van der Waals surface area (Å²) in [5.41, 5.74) is 2.46. The van der Waals surface area contributed by atoms with Crippen LogP contribution in [0, 0.1) is 0 Å². The van der Waals surface area contributed by atoms with Gasteiger partial charge in [0.15, 0.2) is 0 Å². The third-order valence-corrected chi connectivity index (χ3v) is 3.26. The molecule has 0 fully saturated rings. The van der Waals surface area contributed by atoms with Crippen LogP contribution in [0.1, 0.15) is 20.3 Å². The molecule has 0 aromatic heterocycles. The van der Waals surface area contributed by atoms with Crippen LogP contribution in [0.4, 0.5) is 0 Å². The Morgan fingerprint density at radius 1 is 0.870 bits per heavy atom. The van der Waals surface area contributed by atoms with Gasteiger partial charge >= 0.3 is 5.97 Å². The van der Waals surface area contributed by atoms with Crippen LogP contribution in [-0.2, 0) is 4.79 Å². The summed E-state index contributed by atoms with van der Waals surface area (Å²) < 4.78 is 10.8. The molecule has 0 spiro atoms. The fourth-order valence-electron chi connectivity index (χ4n) is 1.86. The predicted molar refractivity (Wildman–Crippen MR) is 92.4 cm³/mol. The normalized spacial score (nSPS) is 10.0. The summed E-state index contributed by atoms with van der Waals surface area (Å²) in [5, 5.41) is 0. The largest absolute Gasteiger partial charge is 0.462 e. The lowest BCUT2D eigenvalue weighted by molar-refractivity contribution is -0.130. The molecule has 0 bridgehead atoms. The van der Waals surface area contributed by atoms with E-state index in [2.05, 4.69) is 13.2 Å². The molecule has 0 saturated carbocycles. The van der Waals surface area contributed by atoms with Crippen molar-refractivity contribution in [3.8, 4) is 22.6 Å². The molecule has 0 amide bonds. The molecule has 118 valence electrons. The molecule has 0 aliphatic heterocycles. The Kier molecular flexibility index (Phi) is 5.36. The lowest BCUT2D eigenvalue weighted by Gasteiger charge is -2.08. The van der Waals surface area contributed by atoms with Crippen molar-refractivity contribution in [2.24, 2.45) is 0 Å². The summed E-state index contributed by atoms with van der Waals surface area (Å²) in [7, 11) is 0. The maximum absolute atomic E-state index is 11.5. The highest BCUT2D eigenvalue weighted by atomic mass is 16.5. The SMILES string of the molecule is C=C(CC)Oc1ccc(-c2ccc(OC(=O)C(=C)C)cc2)cc1. The van der Waals surface area contributed by atoms with Gasteiger partial charge in [-0.15, -0.1) is 0 Å². The van der Waals surface area contributed by atoms with Gasteiger partial charge in [0.1, 0.15) is 11.5 Å². The molecule has 0 heterocycles. The Labute approximate surface area is 136 Å². The number of hydrogen-bond donors (Lipinski definition) is 0. The van der Waals surface area contributed by atoms with Gasteiger partial charge in [0, 0.05) is 12.0 Å². The van der Waals surface area contributed by atoms with E-state index in [1.165, 1.54) is 0 Å². The minimum absolute atomic E-state index is 0.373. The van der Waals surface area contributed by atoms with E-state index in [9.17, 15) is 4.79 Å². The Balaban J connectivity index is 2.08. The standard InChI is InChI=1S/C20H20O3/c1-5-15(4)22-18-10-6-16(7-11-18)17-8-12-19(13-9-17)23-20(21)14(2)3/h6-13H,2,4-5H2,1,3H3. The van der Waals surface area contributed by atoms with E-state index in [0.29, 0.717) is 11.3 Å². The van der Waals surface area contributed by atoms with Crippen LogP contribution in [0.15, 0.2) is 73.0 Å². The maximum atomic E-state index is 11.5. The highest BCUT2D eigenvalue weighted by Crippen LogP contribution is 2.25. The van der Waals surface area contributed by atoms with Crippen LogP contribution in [0.3, 0.4) is 0 Å². The molecule has 0 atom stereocenters. The van der Waals surface area contributed by atoms with Crippen LogP contribution in [0.25, 0.3) is 11.1 Å². The van der Waals surface area contributed by atoms with Crippen molar-refractivity contribution in [3.63, 3.8) is 0 Å². The summed E-state index contributed by atoms with van der Waals surface area (Å²) in [6, 6.07) is 15.1. The molecule has 0 radical (unpaired) electrons. The van der Waals surface area contributed by atoms with Crippen LogP contribution < -0.4 is 9.47 Å². The van der Waals surface area contributed by atoms with Crippen LogP contribution >= 0.6 is 0 Å². The predicted octanol–water partition coefficient (Wildman–Crippen LogP) is 5.14. The van der Waals surface area contributed by atoms with E-state index >= 15 is 0 Å². The second kappa shape index (κ2) is 7.45. The molecule has 0 aliphatic carbocycles. The van der Waals surface area contributed by atoms with Gasteiger partial charge in [-0.1, -0.05) is 44.3 Å². The van der Waals surface area contributed by atoms with Crippen molar-refractivity contribution in [1.29, 1.82) is 0 Å². The Bertz CT molecular complexity index is 710. The topological polar surface area (TPSA) is 35.5 Å². The number of hydrogen-bond acceptors (Lipinski definition) is 3. The van der Waals surface area contributed by atoms with Crippen LogP contribution in [0.5, 0.6) is 11.5 Å². The van der Waals surface area contributed by atoms with Crippen molar-refractivity contribution in [2.75, 3.05) is 0 Å². The van der Waals surface area contributed by atoms with Gasteiger partial charge in [0.2, 0.25) is 0 Å². The fourth-order valence-corrected chi connectivity index (χ4v) is 1.86. The second-order valence-electron chi connectivity index (χ2n) is 5.21. The Morgan fingerprint density at radius 3 is 1.70 bits per heavy atom. The van der Waals surface area contributed by atoms with Crippen molar-refractivity contribution < 1.29 is 14.3 Å². The lowest BCUT2D eigenvalue weighted by Crippen LogP contribution is -2.07. The van der Waals surface area contributed by atoms with Crippen molar-refractivity contribution >= 4 is 5.97 Å². The van der Waals surface area contributed by atoms with Gasteiger partial charge in [0.25, 0.3) is 0 Å². The average Bonchev–Trinajstić information content (AvgIpc) is 2.56. The van der Waals surface area contributed by atoms with Crippen molar-refractivity contribution in [3.05, 3.63) is 73.0 Å². The molecular formula is C20H20O3. The van der Waals surface area contributed by atoms with Gasteiger partial charge in [0.05, 0.1) is 5.76 Å². The van der Waals surface area contributed by atoms with Crippen molar-refractivity contribution in [2.45, 2.75) is 20.3 Å². The van der Waals surface area contributed by atoms with E-state index in [1.807, 2.05) is 43.3 Å². The highest BCUT2D eigenvalue weighted by molar-refractivity contribution is 5.88. The molecule has 0 unspecified atom stereocenters. The van der Waals surface area contributed by atoms with E-state index in [-0.39, 0.29) is 0 Å². The highest BCUT2D eigenvalue weighted by Gasteiger charge is 2.06. The molecule has 23 heavy (non-hydrogen) atoms. The number of ether oxygens (including phenoxy) is 2. The average molecular weight is 308 g/mol. The molecule has 2 rings (SSSR count). The Morgan fingerprint density at radius 2 is 1.30 bits per heavy atom. The number of rotatable bonds is 6. The molecule has 2 aromatic rings. The minimum atomic E-state index is -0.421. The molecule has 3 heteroatoms. The van der Waals surface area contributed by atoms with Crippen LogP contribution in [0.2, 0.25) is 0 Å². The zero-order valence-electron chi connectivity index (χ0n) is 13.5. The van der Waals surface area contributed by atoms with Gasteiger partial charge in [-0.2, -0.15) is 0 Å². The molecule has 0 saturated heterocycles. The molecule has 0 N–H and O–H groups in total. The quantitative estimate of drug-likeness (QED) is 0.321. The molecule has 3 nitrogen and oxygen atoms in total. The van der Waals surface area contributed by atoms with Gasteiger partial charge in [-0.25, -0.2) is 4.79 Å². The third kappa shape index (κ3) is 4.58. The van der Waals surface area contributed by atoms with E-state index in [4.69, 9.17) is 9.47 Å². The number of benzene rings is 2. The summed E-state index contributed by atoms with van der Waals surface area (Å²) in [6.07, 6.45) is 0.784. The molecular weight excluding hydrogens is 288 g/mol. The number of carbonyl (C=O) groups excluding carboxylic acids is 1. The molecule has 2 aromatic carbocycles. The first kappa shape index (κ1) is 16.6. The van der Waals surface area contributed by atoms with E-state index in [1.54, 1.807) is 19.1 Å². The summed E-state index contributed by atoms with van der Waals surface area (Å²) >= 11 is 0. The Hall–Kier alpha value is -2.81. The van der Waals surface area contributed by atoms with Gasteiger partial charge in [-0.05, 0) is 42.3 Å². The van der Waals surface area contributed by atoms with Crippen molar-refractivity contribution in [1.82, 2.24) is 0 Å². The summed E-state index contributed by atoms with van der Waals surface area (Å²) in [5.74, 6) is 1.59. The lowest BCUT2D eigenvalue weighted by atomic mass is 10.1. The first-order valence-corrected chi connectivity index (χ1v) is 7.43. The smallest absolute Gasteiger partial charge is 0.338 e. The minimum Gasteiger partial charge on any atom is -0.462 e.